The van der Waals surface area contributed by atoms with Crippen LogP contribution >= 0.6 is 11.6 Å². The number of nitrogens with zero attached hydrogens (tertiary/aromatic N) is 1. The van der Waals surface area contributed by atoms with Crippen molar-refractivity contribution in [2.24, 2.45) is 5.73 Å². The Morgan fingerprint density at radius 1 is 1.56 bits per heavy atom. The molecule has 1 atom stereocenters. The number of rotatable bonds is 5. The molecule has 0 aliphatic heterocycles. The number of oxazole rings is 1. The van der Waals surface area contributed by atoms with E-state index >= 15 is 0 Å². The molecule has 1 aromatic heterocycles. The standard InChI is InChI=1S/C12H14ClFN2O2/c1-17-4-2-3-9(15)12-16-10-5-7(13)8(14)6-11(10)18-12/h5-6,9H,2-4,15H2,1H3. The number of ether oxygens (including phenoxy) is 1. The molecule has 0 aliphatic carbocycles. The number of halogens is 2. The number of benzene rings is 1. The van der Waals surface area contributed by atoms with Gasteiger partial charge in [-0.2, -0.15) is 0 Å². The topological polar surface area (TPSA) is 61.3 Å². The zero-order valence-electron chi connectivity index (χ0n) is 9.95. The van der Waals surface area contributed by atoms with Crippen LogP contribution in [0, 0.1) is 5.82 Å². The van der Waals surface area contributed by atoms with Gasteiger partial charge in [0.15, 0.2) is 5.58 Å². The van der Waals surface area contributed by atoms with Crippen LogP contribution < -0.4 is 5.73 Å². The first-order chi connectivity index (χ1) is 8.61. The summed E-state index contributed by atoms with van der Waals surface area (Å²) in [6.07, 6.45) is 1.50. The van der Waals surface area contributed by atoms with Crippen LogP contribution in [0.2, 0.25) is 5.02 Å². The summed E-state index contributed by atoms with van der Waals surface area (Å²) >= 11 is 5.67. The predicted octanol–water partition coefficient (Wildman–Crippen LogP) is 3.05. The normalized spacial score (nSPS) is 13.1. The minimum Gasteiger partial charge on any atom is -0.439 e. The number of fused-ring (bicyclic) bond motifs is 1. The average molecular weight is 273 g/mol. The second-order valence-electron chi connectivity index (χ2n) is 4.03. The highest BCUT2D eigenvalue weighted by Crippen LogP contribution is 2.26. The Hall–Kier alpha value is -1.17. The van der Waals surface area contributed by atoms with Crippen molar-refractivity contribution in [3.63, 3.8) is 0 Å². The van der Waals surface area contributed by atoms with Crippen molar-refractivity contribution < 1.29 is 13.5 Å². The Morgan fingerprint density at radius 2 is 2.33 bits per heavy atom. The summed E-state index contributed by atoms with van der Waals surface area (Å²) < 4.78 is 23.6. The zero-order chi connectivity index (χ0) is 13.1. The van der Waals surface area contributed by atoms with Gasteiger partial charge >= 0.3 is 0 Å². The Balaban J connectivity index is 2.19. The van der Waals surface area contributed by atoms with Gasteiger partial charge < -0.3 is 14.9 Å². The lowest BCUT2D eigenvalue weighted by Gasteiger charge is -2.05. The van der Waals surface area contributed by atoms with E-state index in [9.17, 15) is 4.39 Å². The van der Waals surface area contributed by atoms with Crippen molar-refractivity contribution in [3.05, 3.63) is 28.9 Å². The average Bonchev–Trinajstić information content (AvgIpc) is 2.73. The summed E-state index contributed by atoms with van der Waals surface area (Å²) in [7, 11) is 1.63. The molecular weight excluding hydrogens is 259 g/mol. The van der Waals surface area contributed by atoms with Crippen LogP contribution in [0.3, 0.4) is 0 Å². The van der Waals surface area contributed by atoms with E-state index in [2.05, 4.69) is 4.98 Å². The molecule has 1 heterocycles. The Kier molecular flexibility index (Phi) is 4.16. The molecular formula is C12H14ClFN2O2. The van der Waals surface area contributed by atoms with E-state index in [4.69, 9.17) is 26.5 Å². The summed E-state index contributed by atoms with van der Waals surface area (Å²) in [6, 6.07) is 2.33. The molecule has 1 unspecified atom stereocenters. The van der Waals surface area contributed by atoms with Gasteiger partial charge in [-0.25, -0.2) is 9.37 Å². The maximum Gasteiger partial charge on any atom is 0.212 e. The van der Waals surface area contributed by atoms with E-state index in [1.165, 1.54) is 12.1 Å². The van der Waals surface area contributed by atoms with Crippen LogP contribution in [0.5, 0.6) is 0 Å². The van der Waals surface area contributed by atoms with Crippen LogP contribution in [-0.4, -0.2) is 18.7 Å². The highest BCUT2D eigenvalue weighted by Gasteiger charge is 2.15. The molecule has 98 valence electrons. The van der Waals surface area contributed by atoms with Gasteiger partial charge in [0, 0.05) is 19.8 Å². The lowest BCUT2D eigenvalue weighted by Crippen LogP contribution is -2.11. The quantitative estimate of drug-likeness (QED) is 0.850. The fraction of sp³-hybridized carbons (Fsp3) is 0.417. The van der Waals surface area contributed by atoms with Gasteiger partial charge in [0.05, 0.1) is 11.1 Å². The maximum atomic E-state index is 13.2. The van der Waals surface area contributed by atoms with Crippen LogP contribution in [0.4, 0.5) is 4.39 Å². The number of aromatic nitrogens is 1. The maximum absolute atomic E-state index is 13.2. The number of nitrogens with two attached hydrogens (primary N) is 1. The largest absolute Gasteiger partial charge is 0.439 e. The lowest BCUT2D eigenvalue weighted by molar-refractivity contribution is 0.189. The first-order valence-corrected chi connectivity index (χ1v) is 5.99. The molecule has 4 nitrogen and oxygen atoms in total. The van der Waals surface area contributed by atoms with Gasteiger partial charge in [-0.15, -0.1) is 0 Å². The summed E-state index contributed by atoms with van der Waals surface area (Å²) in [5.74, 6) is -0.136. The second kappa shape index (κ2) is 5.65. The fourth-order valence-electron chi connectivity index (χ4n) is 1.67. The van der Waals surface area contributed by atoms with Crippen molar-refractivity contribution >= 4 is 22.7 Å². The summed E-state index contributed by atoms with van der Waals surface area (Å²) in [5, 5.41) is 0.0234. The van der Waals surface area contributed by atoms with Gasteiger partial charge in [0.1, 0.15) is 11.3 Å². The lowest BCUT2D eigenvalue weighted by atomic mass is 10.2. The van der Waals surface area contributed by atoms with Gasteiger partial charge in [0.2, 0.25) is 5.89 Å². The first-order valence-electron chi connectivity index (χ1n) is 5.62. The van der Waals surface area contributed by atoms with Crippen molar-refractivity contribution in [1.29, 1.82) is 0 Å². The smallest absolute Gasteiger partial charge is 0.212 e. The second-order valence-corrected chi connectivity index (χ2v) is 4.43. The monoisotopic (exact) mass is 272 g/mol. The van der Waals surface area contributed by atoms with Crippen molar-refractivity contribution in [2.45, 2.75) is 18.9 Å². The van der Waals surface area contributed by atoms with E-state index in [0.29, 0.717) is 30.0 Å². The molecule has 2 aromatic rings. The zero-order valence-corrected chi connectivity index (χ0v) is 10.7. The fourth-order valence-corrected chi connectivity index (χ4v) is 1.83. The van der Waals surface area contributed by atoms with Crippen LogP contribution in [0.1, 0.15) is 24.8 Å². The third-order valence-electron chi connectivity index (χ3n) is 2.63. The molecule has 0 bridgehead atoms. The molecule has 18 heavy (non-hydrogen) atoms. The van der Waals surface area contributed by atoms with Crippen molar-refractivity contribution in [1.82, 2.24) is 4.98 Å². The van der Waals surface area contributed by atoms with E-state index in [1.807, 2.05) is 0 Å². The molecule has 0 aliphatic rings. The Labute approximate surface area is 109 Å². The van der Waals surface area contributed by atoms with Gasteiger partial charge in [-0.05, 0) is 18.9 Å². The minimum absolute atomic E-state index is 0.0234. The Morgan fingerprint density at radius 3 is 3.06 bits per heavy atom. The van der Waals surface area contributed by atoms with Crippen LogP contribution in [0.25, 0.3) is 11.1 Å². The molecule has 2 rings (SSSR count). The van der Waals surface area contributed by atoms with Crippen LogP contribution in [-0.2, 0) is 4.74 Å². The third-order valence-corrected chi connectivity index (χ3v) is 2.92. The summed E-state index contributed by atoms with van der Waals surface area (Å²) in [6.45, 7) is 0.633. The van der Waals surface area contributed by atoms with E-state index < -0.39 is 5.82 Å². The van der Waals surface area contributed by atoms with Gasteiger partial charge in [0.25, 0.3) is 0 Å². The third kappa shape index (κ3) is 2.80. The van der Waals surface area contributed by atoms with Crippen LogP contribution in [0.15, 0.2) is 16.5 Å². The summed E-state index contributed by atoms with van der Waals surface area (Å²) in [5.41, 5.74) is 6.81. The molecule has 0 saturated carbocycles. The number of hydrogen-bond donors (Lipinski definition) is 1. The van der Waals surface area contributed by atoms with Crippen molar-refractivity contribution in [2.75, 3.05) is 13.7 Å². The molecule has 0 spiro atoms. The summed E-state index contributed by atoms with van der Waals surface area (Å²) in [4.78, 5) is 4.21. The number of methoxy groups -OCH3 is 1. The minimum atomic E-state index is -0.528. The van der Waals surface area contributed by atoms with E-state index in [0.717, 1.165) is 6.42 Å². The highest BCUT2D eigenvalue weighted by molar-refractivity contribution is 6.31. The van der Waals surface area contributed by atoms with Gasteiger partial charge in [-0.1, -0.05) is 11.6 Å². The molecule has 6 heteroatoms. The first kappa shape index (κ1) is 13.3. The van der Waals surface area contributed by atoms with Crippen molar-refractivity contribution in [3.8, 4) is 0 Å². The Bertz CT molecular complexity index is 505. The molecule has 0 fully saturated rings. The SMILES string of the molecule is COCCCC(N)c1nc2cc(Cl)c(F)cc2o1. The molecule has 0 radical (unpaired) electrons. The van der Waals surface area contributed by atoms with Gasteiger partial charge in [-0.3, -0.25) is 0 Å². The molecule has 0 saturated heterocycles. The predicted molar refractivity (Wildman–Crippen MR) is 67.0 cm³/mol. The molecule has 0 amide bonds. The number of hydrogen-bond acceptors (Lipinski definition) is 4. The van der Waals surface area contributed by atoms with E-state index in [-0.39, 0.29) is 11.1 Å². The molecule has 1 aromatic carbocycles. The molecule has 2 N–H and O–H groups in total. The highest BCUT2D eigenvalue weighted by atomic mass is 35.5. The van der Waals surface area contributed by atoms with E-state index in [1.54, 1.807) is 7.11 Å².